The van der Waals surface area contributed by atoms with Crippen molar-refractivity contribution in [2.45, 2.75) is 25.9 Å². The second kappa shape index (κ2) is 9.73. The van der Waals surface area contributed by atoms with Gasteiger partial charge in [-0.15, -0.1) is 0 Å². The quantitative estimate of drug-likeness (QED) is 0.624. The Kier molecular flexibility index (Phi) is 6.85. The lowest BCUT2D eigenvalue weighted by Crippen LogP contribution is -2.33. The molecule has 1 aromatic heterocycles. The van der Waals surface area contributed by atoms with Crippen molar-refractivity contribution in [3.63, 3.8) is 0 Å². The summed E-state index contributed by atoms with van der Waals surface area (Å²) in [5.41, 5.74) is 2.74. The zero-order valence-corrected chi connectivity index (χ0v) is 17.4. The number of amides is 2. The lowest BCUT2D eigenvalue weighted by molar-refractivity contribution is -0.131. The van der Waals surface area contributed by atoms with E-state index < -0.39 is 6.04 Å². The van der Waals surface area contributed by atoms with Crippen molar-refractivity contribution in [3.05, 3.63) is 78.1 Å². The van der Waals surface area contributed by atoms with Crippen LogP contribution in [-0.2, 0) is 16.1 Å². The first-order valence-electron chi connectivity index (χ1n) is 9.70. The molecule has 0 radical (unpaired) electrons. The standard InChI is InChI=1S/C23H26N4O3/c1-17(28)25-22(19-9-11-21(30-3)12-10-19)13-23(29)26(2)15-18-14-24-27(16-18)20-7-5-4-6-8-20/h4-12,14,16,22H,13,15H2,1-3H3,(H,25,28)/t22-/m1/s1. The summed E-state index contributed by atoms with van der Waals surface area (Å²) in [6, 6.07) is 16.7. The number of carbonyl (C=O) groups is 2. The Balaban J connectivity index is 1.66. The van der Waals surface area contributed by atoms with Gasteiger partial charge in [0, 0.05) is 32.3 Å². The Hall–Kier alpha value is -3.61. The molecule has 0 saturated heterocycles. The molecular formula is C23H26N4O3. The van der Waals surface area contributed by atoms with Crippen molar-refractivity contribution in [2.75, 3.05) is 14.2 Å². The van der Waals surface area contributed by atoms with Gasteiger partial charge in [0.15, 0.2) is 0 Å². The number of ether oxygens (including phenoxy) is 1. The number of carbonyl (C=O) groups excluding carboxylic acids is 2. The predicted molar refractivity (Wildman–Crippen MR) is 114 cm³/mol. The largest absolute Gasteiger partial charge is 0.497 e. The number of aromatic nitrogens is 2. The maximum Gasteiger partial charge on any atom is 0.225 e. The minimum Gasteiger partial charge on any atom is -0.497 e. The third-order valence-electron chi connectivity index (χ3n) is 4.78. The lowest BCUT2D eigenvalue weighted by Gasteiger charge is -2.22. The van der Waals surface area contributed by atoms with Crippen molar-refractivity contribution in [2.24, 2.45) is 0 Å². The topological polar surface area (TPSA) is 76.5 Å². The van der Waals surface area contributed by atoms with Gasteiger partial charge >= 0.3 is 0 Å². The summed E-state index contributed by atoms with van der Waals surface area (Å²) in [5.74, 6) is 0.464. The normalized spacial score (nSPS) is 11.6. The van der Waals surface area contributed by atoms with E-state index in [9.17, 15) is 9.59 Å². The van der Waals surface area contributed by atoms with Gasteiger partial charge in [-0.3, -0.25) is 9.59 Å². The fraction of sp³-hybridized carbons (Fsp3) is 0.261. The molecule has 3 aromatic rings. The first kappa shape index (κ1) is 21.1. The van der Waals surface area contributed by atoms with Crippen molar-refractivity contribution >= 4 is 11.8 Å². The summed E-state index contributed by atoms with van der Waals surface area (Å²) in [6.45, 7) is 1.88. The highest BCUT2D eigenvalue weighted by Crippen LogP contribution is 2.21. The van der Waals surface area contributed by atoms with E-state index in [1.807, 2.05) is 60.8 Å². The Morgan fingerprint density at radius 2 is 1.83 bits per heavy atom. The molecule has 1 heterocycles. The molecule has 0 unspecified atom stereocenters. The van der Waals surface area contributed by atoms with Crippen LogP contribution in [0.3, 0.4) is 0 Å². The predicted octanol–water partition coefficient (Wildman–Crippen LogP) is 3.11. The molecule has 3 rings (SSSR count). The van der Waals surface area contributed by atoms with Crippen molar-refractivity contribution in [3.8, 4) is 11.4 Å². The van der Waals surface area contributed by atoms with Crippen LogP contribution < -0.4 is 10.1 Å². The highest BCUT2D eigenvalue weighted by Gasteiger charge is 2.20. The van der Waals surface area contributed by atoms with E-state index in [4.69, 9.17) is 4.74 Å². The molecule has 0 bridgehead atoms. The van der Waals surface area contributed by atoms with E-state index in [0.717, 1.165) is 22.6 Å². The first-order valence-corrected chi connectivity index (χ1v) is 9.70. The summed E-state index contributed by atoms with van der Waals surface area (Å²) in [7, 11) is 3.35. The number of rotatable bonds is 8. The van der Waals surface area contributed by atoms with Gasteiger partial charge in [-0.2, -0.15) is 5.10 Å². The number of nitrogens with zero attached hydrogens (tertiary/aromatic N) is 3. The minimum absolute atomic E-state index is 0.0722. The highest BCUT2D eigenvalue weighted by atomic mass is 16.5. The van der Waals surface area contributed by atoms with Crippen molar-refractivity contribution in [1.82, 2.24) is 20.0 Å². The lowest BCUT2D eigenvalue weighted by atomic mass is 10.0. The van der Waals surface area contributed by atoms with Crippen molar-refractivity contribution in [1.29, 1.82) is 0 Å². The SMILES string of the molecule is COc1ccc([C@@H](CC(=O)N(C)Cc2cnn(-c3ccccc3)c2)NC(C)=O)cc1. The molecule has 2 amide bonds. The van der Waals surface area contributed by atoms with Gasteiger partial charge in [-0.1, -0.05) is 30.3 Å². The molecule has 1 atom stereocenters. The number of methoxy groups -OCH3 is 1. The Bertz CT molecular complexity index is 983. The molecule has 0 aliphatic heterocycles. The minimum atomic E-state index is -0.407. The number of benzene rings is 2. The van der Waals surface area contributed by atoms with E-state index in [-0.39, 0.29) is 18.2 Å². The fourth-order valence-electron chi connectivity index (χ4n) is 3.19. The molecule has 0 aliphatic carbocycles. The second-order valence-electron chi connectivity index (χ2n) is 7.11. The van der Waals surface area contributed by atoms with Crippen LogP contribution in [0.1, 0.15) is 30.5 Å². The van der Waals surface area contributed by atoms with Gasteiger partial charge < -0.3 is 15.0 Å². The number of para-hydroxylation sites is 1. The molecule has 0 saturated carbocycles. The number of nitrogens with one attached hydrogen (secondary N) is 1. The molecule has 7 heteroatoms. The van der Waals surface area contributed by atoms with Crippen LogP contribution in [-0.4, -0.2) is 40.7 Å². The molecule has 30 heavy (non-hydrogen) atoms. The molecular weight excluding hydrogens is 380 g/mol. The van der Waals surface area contributed by atoms with E-state index in [1.165, 1.54) is 6.92 Å². The van der Waals surface area contributed by atoms with Crippen LogP contribution in [0.5, 0.6) is 5.75 Å². The average molecular weight is 406 g/mol. The smallest absolute Gasteiger partial charge is 0.225 e. The van der Waals surface area contributed by atoms with Crippen LogP contribution in [0.25, 0.3) is 5.69 Å². The average Bonchev–Trinajstić information content (AvgIpc) is 3.22. The van der Waals surface area contributed by atoms with Crippen LogP contribution in [0, 0.1) is 0 Å². The van der Waals surface area contributed by atoms with E-state index in [0.29, 0.717) is 6.54 Å². The Labute approximate surface area is 176 Å². The molecule has 2 aromatic carbocycles. The van der Waals surface area contributed by atoms with E-state index >= 15 is 0 Å². The third-order valence-corrected chi connectivity index (χ3v) is 4.78. The Morgan fingerprint density at radius 3 is 2.47 bits per heavy atom. The molecule has 0 spiro atoms. The van der Waals surface area contributed by atoms with Gasteiger partial charge in [0.25, 0.3) is 0 Å². The molecule has 0 aliphatic rings. The van der Waals surface area contributed by atoms with Gasteiger partial charge in [0.05, 0.1) is 31.5 Å². The number of hydrogen-bond donors (Lipinski definition) is 1. The summed E-state index contributed by atoms with van der Waals surface area (Å²) in [4.78, 5) is 26.1. The molecule has 1 N–H and O–H groups in total. The summed E-state index contributed by atoms with van der Waals surface area (Å²) < 4.78 is 6.96. The molecule has 156 valence electrons. The number of hydrogen-bond acceptors (Lipinski definition) is 4. The summed E-state index contributed by atoms with van der Waals surface area (Å²) >= 11 is 0. The second-order valence-corrected chi connectivity index (χ2v) is 7.11. The summed E-state index contributed by atoms with van der Waals surface area (Å²) in [5, 5.41) is 7.24. The highest BCUT2D eigenvalue weighted by molar-refractivity contribution is 5.79. The van der Waals surface area contributed by atoms with Gasteiger partial charge in [-0.05, 0) is 29.8 Å². The first-order chi connectivity index (χ1) is 14.5. The Morgan fingerprint density at radius 1 is 1.13 bits per heavy atom. The third kappa shape index (κ3) is 5.47. The van der Waals surface area contributed by atoms with Gasteiger partial charge in [-0.25, -0.2) is 4.68 Å². The van der Waals surface area contributed by atoms with Crippen LogP contribution in [0.4, 0.5) is 0 Å². The monoisotopic (exact) mass is 406 g/mol. The van der Waals surface area contributed by atoms with Crippen LogP contribution >= 0.6 is 0 Å². The van der Waals surface area contributed by atoms with E-state index in [1.54, 1.807) is 29.9 Å². The summed E-state index contributed by atoms with van der Waals surface area (Å²) in [6.07, 6.45) is 3.83. The van der Waals surface area contributed by atoms with Crippen LogP contribution in [0.15, 0.2) is 67.0 Å². The zero-order valence-electron chi connectivity index (χ0n) is 17.4. The van der Waals surface area contributed by atoms with Crippen LogP contribution in [0.2, 0.25) is 0 Å². The fourth-order valence-corrected chi connectivity index (χ4v) is 3.19. The van der Waals surface area contributed by atoms with Crippen molar-refractivity contribution < 1.29 is 14.3 Å². The maximum absolute atomic E-state index is 12.8. The molecule has 0 fully saturated rings. The van der Waals surface area contributed by atoms with Gasteiger partial charge in [0.1, 0.15) is 5.75 Å². The zero-order chi connectivity index (χ0) is 21.5. The maximum atomic E-state index is 12.8. The molecule has 7 nitrogen and oxygen atoms in total. The van der Waals surface area contributed by atoms with E-state index in [2.05, 4.69) is 10.4 Å². The van der Waals surface area contributed by atoms with Gasteiger partial charge in [0.2, 0.25) is 11.8 Å².